The Morgan fingerprint density at radius 3 is 2.43 bits per heavy atom. The van der Waals surface area contributed by atoms with Crippen LogP contribution in [0.15, 0.2) is 42.5 Å². The van der Waals surface area contributed by atoms with Gasteiger partial charge in [-0.25, -0.2) is 0 Å². The van der Waals surface area contributed by atoms with Crippen molar-refractivity contribution in [3.8, 4) is 5.75 Å². The summed E-state index contributed by atoms with van der Waals surface area (Å²) in [6.45, 7) is 1.97. The molecule has 2 amide bonds. The van der Waals surface area contributed by atoms with Crippen molar-refractivity contribution in [1.82, 2.24) is 10.9 Å². The molecule has 0 aliphatic carbocycles. The highest BCUT2D eigenvalue weighted by Crippen LogP contribution is 2.29. The lowest BCUT2D eigenvalue weighted by atomic mass is 10.1. The first-order chi connectivity index (χ1) is 13.5. The van der Waals surface area contributed by atoms with Crippen LogP contribution < -0.4 is 15.8 Å². The van der Waals surface area contributed by atoms with E-state index in [9.17, 15) is 24.8 Å². The molecule has 0 radical (unpaired) electrons. The number of anilines is 1. The summed E-state index contributed by atoms with van der Waals surface area (Å²) in [7, 11) is 0. The van der Waals surface area contributed by atoms with E-state index in [1.165, 1.54) is 24.3 Å². The molecule has 1 saturated heterocycles. The molecule has 0 spiro atoms. The number of carbonyl (C=O) groups excluding carboxylic acids is 2. The minimum atomic E-state index is -0.722. The molecular weight excluding hydrogens is 368 g/mol. The number of hydrogen-bond acceptors (Lipinski definition) is 7. The summed E-state index contributed by atoms with van der Waals surface area (Å²) < 4.78 is 5.25. The summed E-state index contributed by atoms with van der Waals surface area (Å²) in [5.74, 6) is -1.67. The maximum absolute atomic E-state index is 12.3. The van der Waals surface area contributed by atoms with Gasteiger partial charge in [0.1, 0.15) is 11.4 Å². The number of para-hydroxylation sites is 1. The van der Waals surface area contributed by atoms with Crippen LogP contribution in [0.3, 0.4) is 0 Å². The number of ether oxygens (including phenoxy) is 1. The van der Waals surface area contributed by atoms with Crippen LogP contribution in [0.2, 0.25) is 0 Å². The molecule has 3 rings (SSSR count). The van der Waals surface area contributed by atoms with Crippen molar-refractivity contribution in [2.45, 2.75) is 0 Å². The van der Waals surface area contributed by atoms with Crippen molar-refractivity contribution in [2.75, 3.05) is 31.2 Å². The first kappa shape index (κ1) is 19.1. The van der Waals surface area contributed by atoms with Gasteiger partial charge in [-0.15, -0.1) is 0 Å². The third kappa shape index (κ3) is 4.18. The highest BCUT2D eigenvalue weighted by molar-refractivity contribution is 6.00. The van der Waals surface area contributed by atoms with E-state index in [1.54, 1.807) is 12.1 Å². The Kier molecular flexibility index (Phi) is 5.70. The Morgan fingerprint density at radius 2 is 1.75 bits per heavy atom. The topological polar surface area (TPSA) is 134 Å². The van der Waals surface area contributed by atoms with Gasteiger partial charge in [0.25, 0.3) is 17.5 Å². The molecule has 1 aliphatic rings. The van der Waals surface area contributed by atoms with Crippen LogP contribution in [0.25, 0.3) is 0 Å². The molecular formula is C18H18N4O6. The van der Waals surface area contributed by atoms with Crippen LogP contribution in [0.1, 0.15) is 20.7 Å². The van der Waals surface area contributed by atoms with Gasteiger partial charge >= 0.3 is 0 Å². The Labute approximate surface area is 159 Å². The number of rotatable bonds is 4. The van der Waals surface area contributed by atoms with E-state index in [4.69, 9.17) is 4.74 Å². The lowest BCUT2D eigenvalue weighted by Gasteiger charge is -2.28. The molecule has 0 aromatic heterocycles. The van der Waals surface area contributed by atoms with Crippen LogP contribution in [0.4, 0.5) is 11.4 Å². The zero-order valence-electron chi connectivity index (χ0n) is 14.8. The number of hydrogen-bond donors (Lipinski definition) is 3. The second-order valence-electron chi connectivity index (χ2n) is 5.99. The summed E-state index contributed by atoms with van der Waals surface area (Å²) in [5, 5.41) is 21.1. The van der Waals surface area contributed by atoms with E-state index in [0.29, 0.717) is 32.0 Å². The molecule has 1 fully saturated rings. The molecule has 0 unspecified atom stereocenters. The van der Waals surface area contributed by atoms with Gasteiger partial charge in [0.15, 0.2) is 0 Å². The number of aromatic hydroxyl groups is 1. The number of nitro groups is 1. The smallest absolute Gasteiger partial charge is 0.293 e. The van der Waals surface area contributed by atoms with Gasteiger partial charge < -0.3 is 14.7 Å². The van der Waals surface area contributed by atoms with Gasteiger partial charge in [-0.1, -0.05) is 12.1 Å². The molecule has 2 aromatic carbocycles. The Balaban J connectivity index is 1.73. The van der Waals surface area contributed by atoms with Gasteiger partial charge in [-0.05, 0) is 24.3 Å². The monoisotopic (exact) mass is 386 g/mol. The number of hydrazine groups is 1. The highest BCUT2D eigenvalue weighted by Gasteiger charge is 2.23. The molecule has 0 bridgehead atoms. The Bertz CT molecular complexity index is 911. The van der Waals surface area contributed by atoms with Crippen molar-refractivity contribution in [1.29, 1.82) is 0 Å². The van der Waals surface area contributed by atoms with Gasteiger partial charge in [-0.3, -0.25) is 30.6 Å². The van der Waals surface area contributed by atoms with E-state index in [-0.39, 0.29) is 22.6 Å². The fourth-order valence-corrected chi connectivity index (χ4v) is 2.80. The maximum Gasteiger partial charge on any atom is 0.293 e. The molecule has 1 aliphatic heterocycles. The number of phenols is 1. The number of amides is 2. The van der Waals surface area contributed by atoms with E-state index in [1.807, 2.05) is 4.90 Å². The van der Waals surface area contributed by atoms with Crippen molar-refractivity contribution in [3.05, 3.63) is 63.7 Å². The van der Waals surface area contributed by atoms with Crippen molar-refractivity contribution < 1.29 is 24.4 Å². The Hall–Kier alpha value is -3.66. The summed E-state index contributed by atoms with van der Waals surface area (Å²) in [6.07, 6.45) is 0. The summed E-state index contributed by atoms with van der Waals surface area (Å²) in [5.41, 5.74) is 4.55. The lowest BCUT2D eigenvalue weighted by Crippen LogP contribution is -2.41. The minimum Gasteiger partial charge on any atom is -0.507 e. The number of morpholine rings is 1. The quantitative estimate of drug-likeness (QED) is 0.531. The fourth-order valence-electron chi connectivity index (χ4n) is 2.80. The van der Waals surface area contributed by atoms with Gasteiger partial charge in [-0.2, -0.15) is 0 Å². The number of benzene rings is 2. The number of nitro benzene ring substituents is 1. The lowest BCUT2D eigenvalue weighted by molar-refractivity contribution is -0.384. The number of nitrogens with zero attached hydrogens (tertiary/aromatic N) is 2. The van der Waals surface area contributed by atoms with E-state index in [0.717, 1.165) is 6.07 Å². The number of carbonyl (C=O) groups is 2. The second kappa shape index (κ2) is 8.35. The van der Waals surface area contributed by atoms with Crippen molar-refractivity contribution in [2.24, 2.45) is 0 Å². The van der Waals surface area contributed by atoms with Crippen LogP contribution in [-0.4, -0.2) is 48.1 Å². The summed E-state index contributed by atoms with van der Waals surface area (Å²) >= 11 is 0. The molecule has 0 atom stereocenters. The molecule has 10 nitrogen and oxygen atoms in total. The van der Waals surface area contributed by atoms with Crippen LogP contribution in [0.5, 0.6) is 5.75 Å². The first-order valence-corrected chi connectivity index (χ1v) is 8.47. The molecule has 28 heavy (non-hydrogen) atoms. The summed E-state index contributed by atoms with van der Waals surface area (Å²) in [6, 6.07) is 9.95. The largest absolute Gasteiger partial charge is 0.507 e. The maximum atomic E-state index is 12.3. The Morgan fingerprint density at radius 1 is 1.07 bits per heavy atom. The van der Waals surface area contributed by atoms with E-state index < -0.39 is 16.7 Å². The van der Waals surface area contributed by atoms with Crippen LogP contribution in [0, 0.1) is 10.1 Å². The average Bonchev–Trinajstić information content (AvgIpc) is 2.72. The molecule has 2 aromatic rings. The predicted octanol–water partition coefficient (Wildman–Crippen LogP) is 1.21. The second-order valence-corrected chi connectivity index (χ2v) is 5.99. The van der Waals surface area contributed by atoms with Crippen LogP contribution in [-0.2, 0) is 4.74 Å². The van der Waals surface area contributed by atoms with Gasteiger partial charge in [0.2, 0.25) is 0 Å². The van der Waals surface area contributed by atoms with E-state index in [2.05, 4.69) is 10.9 Å². The van der Waals surface area contributed by atoms with Gasteiger partial charge in [0, 0.05) is 24.7 Å². The predicted molar refractivity (Wildman–Crippen MR) is 99.2 cm³/mol. The molecule has 3 N–H and O–H groups in total. The van der Waals surface area contributed by atoms with Crippen LogP contribution >= 0.6 is 0 Å². The fraction of sp³-hybridized carbons (Fsp3) is 0.222. The molecule has 146 valence electrons. The third-order valence-corrected chi connectivity index (χ3v) is 4.22. The highest BCUT2D eigenvalue weighted by atomic mass is 16.6. The zero-order valence-corrected chi connectivity index (χ0v) is 14.8. The standard InChI is InChI=1S/C18H18N4O6/c23-16-4-2-1-3-13(16)18(25)20-19-17(24)12-5-6-14(15(11-12)22(26)27)21-7-9-28-10-8-21/h1-6,11,23H,7-10H2,(H,19,24)(H,20,25). The van der Waals surface area contributed by atoms with Crippen molar-refractivity contribution in [3.63, 3.8) is 0 Å². The van der Waals surface area contributed by atoms with E-state index >= 15 is 0 Å². The number of phenolic OH excluding ortho intramolecular Hbond substituents is 1. The SMILES string of the molecule is O=C(NNC(=O)c1ccccc1O)c1ccc(N2CCOCC2)c([N+](=O)[O-])c1. The minimum absolute atomic E-state index is 0.0151. The van der Waals surface area contributed by atoms with Crippen molar-refractivity contribution >= 4 is 23.2 Å². The normalized spacial score (nSPS) is 13.6. The van der Waals surface area contributed by atoms with Gasteiger partial charge in [0.05, 0.1) is 23.7 Å². The summed E-state index contributed by atoms with van der Waals surface area (Å²) in [4.78, 5) is 37.0. The molecule has 10 heteroatoms. The molecule has 1 heterocycles. The zero-order chi connectivity index (χ0) is 20.1. The number of nitrogens with one attached hydrogen (secondary N) is 2. The molecule has 0 saturated carbocycles. The first-order valence-electron chi connectivity index (χ1n) is 8.47. The average molecular weight is 386 g/mol. The third-order valence-electron chi connectivity index (χ3n) is 4.22.